The van der Waals surface area contributed by atoms with E-state index in [2.05, 4.69) is 15.0 Å². The van der Waals surface area contributed by atoms with Crippen molar-refractivity contribution >= 4 is 17.4 Å². The molecule has 0 fully saturated rings. The van der Waals surface area contributed by atoms with Crippen LogP contribution in [-0.2, 0) is 0 Å². The van der Waals surface area contributed by atoms with E-state index in [-0.39, 0.29) is 22.9 Å². The van der Waals surface area contributed by atoms with E-state index in [1.54, 1.807) is 19.1 Å². The van der Waals surface area contributed by atoms with Crippen LogP contribution in [0.1, 0.15) is 16.1 Å². The number of nitrogens with one attached hydrogen (secondary N) is 1. The van der Waals surface area contributed by atoms with Crippen LogP contribution in [0.15, 0.2) is 54.6 Å². The predicted molar refractivity (Wildman–Crippen MR) is 101 cm³/mol. The van der Waals surface area contributed by atoms with E-state index in [0.29, 0.717) is 17.4 Å². The Morgan fingerprint density at radius 2 is 1.67 bits per heavy atom. The summed E-state index contributed by atoms with van der Waals surface area (Å²) in [6.07, 6.45) is -4.96. The highest BCUT2D eigenvalue weighted by Crippen LogP contribution is 2.30. The molecule has 0 aliphatic rings. The summed E-state index contributed by atoms with van der Waals surface area (Å²) in [5.74, 6) is -2.06. The smallest absolute Gasteiger partial charge is 0.457 e. The van der Waals surface area contributed by atoms with E-state index < -0.39 is 23.8 Å². The third kappa shape index (κ3) is 5.60. The van der Waals surface area contributed by atoms with Gasteiger partial charge in [-0.15, -0.1) is 13.2 Å². The number of aromatic nitrogens is 1. The molecule has 3 aromatic rings. The third-order valence-corrected chi connectivity index (χ3v) is 3.73. The van der Waals surface area contributed by atoms with Gasteiger partial charge in [-0.1, -0.05) is 0 Å². The molecule has 156 valence electrons. The van der Waals surface area contributed by atoms with Crippen molar-refractivity contribution in [2.24, 2.45) is 0 Å². The number of hydrogen-bond acceptors (Lipinski definition) is 5. The molecule has 3 rings (SSSR count). The van der Waals surface area contributed by atoms with Crippen molar-refractivity contribution in [2.75, 3.05) is 11.1 Å². The summed E-state index contributed by atoms with van der Waals surface area (Å²) in [6, 6.07) is 11.5. The van der Waals surface area contributed by atoms with E-state index in [4.69, 9.17) is 10.5 Å². The van der Waals surface area contributed by atoms with Crippen LogP contribution in [0.4, 0.5) is 29.1 Å². The van der Waals surface area contributed by atoms with Gasteiger partial charge in [-0.25, -0.2) is 9.37 Å². The number of carbonyl (C=O) groups excluding carboxylic acids is 1. The Labute approximate surface area is 168 Å². The van der Waals surface area contributed by atoms with Gasteiger partial charge >= 0.3 is 6.36 Å². The zero-order valence-corrected chi connectivity index (χ0v) is 15.5. The van der Waals surface area contributed by atoms with Crippen LogP contribution in [0.25, 0.3) is 0 Å². The fourth-order valence-electron chi connectivity index (χ4n) is 2.50. The average Bonchev–Trinajstić information content (AvgIpc) is 2.61. The molecular formula is C20H15F4N3O3. The SMILES string of the molecule is Cc1ccc(C(=O)Nc2ccc(Oc3cc(F)cc(OC(F)(F)F)c3)cc2)c(N)n1. The lowest BCUT2D eigenvalue weighted by Crippen LogP contribution is -2.17. The van der Waals surface area contributed by atoms with Gasteiger partial charge in [-0.05, 0) is 43.3 Å². The van der Waals surface area contributed by atoms with Gasteiger partial charge in [0, 0.05) is 29.6 Å². The van der Waals surface area contributed by atoms with Crippen molar-refractivity contribution in [2.45, 2.75) is 13.3 Å². The Balaban J connectivity index is 1.69. The number of amides is 1. The number of ether oxygens (including phenoxy) is 2. The molecular weight excluding hydrogens is 406 g/mol. The first-order valence-corrected chi connectivity index (χ1v) is 8.48. The van der Waals surface area contributed by atoms with Crippen molar-refractivity contribution < 1.29 is 31.8 Å². The normalized spacial score (nSPS) is 11.1. The van der Waals surface area contributed by atoms with Crippen molar-refractivity contribution in [3.8, 4) is 17.2 Å². The highest BCUT2D eigenvalue weighted by atomic mass is 19.4. The van der Waals surface area contributed by atoms with Crippen molar-refractivity contribution in [3.63, 3.8) is 0 Å². The fraction of sp³-hybridized carbons (Fsp3) is 0.100. The number of alkyl halides is 3. The van der Waals surface area contributed by atoms with Crippen LogP contribution in [0, 0.1) is 12.7 Å². The second-order valence-electron chi connectivity index (χ2n) is 6.14. The molecule has 0 saturated heterocycles. The maximum absolute atomic E-state index is 13.5. The maximum atomic E-state index is 13.5. The molecule has 1 amide bonds. The molecule has 0 bridgehead atoms. The second kappa shape index (κ2) is 8.27. The Bertz CT molecular complexity index is 1070. The summed E-state index contributed by atoms with van der Waals surface area (Å²) < 4.78 is 59.6. The van der Waals surface area contributed by atoms with Crippen LogP contribution in [-0.4, -0.2) is 17.3 Å². The molecule has 0 aliphatic carbocycles. The zero-order valence-electron chi connectivity index (χ0n) is 15.5. The molecule has 1 heterocycles. The summed E-state index contributed by atoms with van der Waals surface area (Å²) in [7, 11) is 0. The van der Waals surface area contributed by atoms with Gasteiger partial charge < -0.3 is 20.5 Å². The summed E-state index contributed by atoms with van der Waals surface area (Å²) >= 11 is 0. The molecule has 0 spiro atoms. The number of hydrogen-bond donors (Lipinski definition) is 2. The Hall–Kier alpha value is -3.82. The number of aryl methyl sites for hydroxylation is 1. The standard InChI is InChI=1S/C20H15F4N3O3/c1-11-2-7-17(18(25)26-11)19(28)27-13-3-5-14(6-4-13)29-15-8-12(21)9-16(10-15)30-20(22,23)24/h2-10H,1H3,(H2,25,26)(H,27,28). The highest BCUT2D eigenvalue weighted by molar-refractivity contribution is 6.07. The molecule has 0 atom stereocenters. The number of nitrogens with zero attached hydrogens (tertiary/aromatic N) is 1. The monoisotopic (exact) mass is 421 g/mol. The molecule has 10 heteroatoms. The number of pyridine rings is 1. The molecule has 2 aromatic carbocycles. The molecule has 0 saturated carbocycles. The third-order valence-electron chi connectivity index (χ3n) is 3.73. The average molecular weight is 421 g/mol. The topological polar surface area (TPSA) is 86.5 Å². The maximum Gasteiger partial charge on any atom is 0.573 e. The Morgan fingerprint density at radius 3 is 2.30 bits per heavy atom. The van der Waals surface area contributed by atoms with E-state index >= 15 is 0 Å². The van der Waals surface area contributed by atoms with E-state index in [9.17, 15) is 22.4 Å². The van der Waals surface area contributed by atoms with E-state index in [0.717, 1.165) is 12.1 Å². The summed E-state index contributed by atoms with van der Waals surface area (Å²) in [5, 5.41) is 2.63. The first-order chi connectivity index (χ1) is 14.1. The first-order valence-electron chi connectivity index (χ1n) is 8.48. The molecule has 30 heavy (non-hydrogen) atoms. The number of halogens is 4. The molecule has 6 nitrogen and oxygen atoms in total. The van der Waals surface area contributed by atoms with Crippen molar-refractivity contribution in [1.29, 1.82) is 0 Å². The highest BCUT2D eigenvalue weighted by Gasteiger charge is 2.31. The number of benzene rings is 2. The largest absolute Gasteiger partial charge is 0.573 e. The lowest BCUT2D eigenvalue weighted by atomic mass is 10.2. The lowest BCUT2D eigenvalue weighted by molar-refractivity contribution is -0.274. The van der Waals surface area contributed by atoms with Crippen LogP contribution in [0.5, 0.6) is 17.2 Å². The van der Waals surface area contributed by atoms with E-state index in [1.165, 1.54) is 24.3 Å². The second-order valence-corrected chi connectivity index (χ2v) is 6.14. The minimum Gasteiger partial charge on any atom is -0.457 e. The molecule has 0 radical (unpaired) electrons. The number of nitrogens with two attached hydrogens (primary N) is 1. The van der Waals surface area contributed by atoms with Gasteiger partial charge in [0.25, 0.3) is 5.91 Å². The van der Waals surface area contributed by atoms with Gasteiger partial charge in [0.1, 0.15) is 28.9 Å². The number of anilines is 2. The summed E-state index contributed by atoms with van der Waals surface area (Å²) in [5.41, 5.74) is 7.03. The van der Waals surface area contributed by atoms with Gasteiger partial charge in [0.05, 0.1) is 5.56 Å². The van der Waals surface area contributed by atoms with Gasteiger partial charge in [-0.3, -0.25) is 4.79 Å². The molecule has 1 aromatic heterocycles. The number of nitrogen functional groups attached to an aromatic ring is 1. The molecule has 3 N–H and O–H groups in total. The Kier molecular flexibility index (Phi) is 5.77. The van der Waals surface area contributed by atoms with Gasteiger partial charge in [0.2, 0.25) is 0 Å². The molecule has 0 aliphatic heterocycles. The van der Waals surface area contributed by atoms with Crippen molar-refractivity contribution in [1.82, 2.24) is 4.98 Å². The minimum atomic E-state index is -4.96. The first kappa shape index (κ1) is 20.9. The van der Waals surface area contributed by atoms with Crippen molar-refractivity contribution in [3.05, 3.63) is 71.7 Å². The predicted octanol–water partition coefficient (Wildman–Crippen LogP) is 5.05. The summed E-state index contributed by atoms with van der Waals surface area (Å²) in [4.78, 5) is 16.3. The van der Waals surface area contributed by atoms with Crippen LogP contribution in [0.3, 0.4) is 0 Å². The number of rotatable bonds is 5. The lowest BCUT2D eigenvalue weighted by Gasteiger charge is -2.12. The van der Waals surface area contributed by atoms with Gasteiger partial charge in [0.15, 0.2) is 0 Å². The minimum absolute atomic E-state index is 0.0930. The summed E-state index contributed by atoms with van der Waals surface area (Å²) in [6.45, 7) is 1.74. The van der Waals surface area contributed by atoms with E-state index in [1.807, 2.05) is 0 Å². The van der Waals surface area contributed by atoms with Crippen LogP contribution >= 0.6 is 0 Å². The van der Waals surface area contributed by atoms with Gasteiger partial charge in [-0.2, -0.15) is 0 Å². The quantitative estimate of drug-likeness (QED) is 0.563. The number of carbonyl (C=O) groups is 1. The molecule has 0 unspecified atom stereocenters. The van der Waals surface area contributed by atoms with Crippen LogP contribution in [0.2, 0.25) is 0 Å². The zero-order chi connectivity index (χ0) is 21.9. The Morgan fingerprint density at radius 1 is 1.00 bits per heavy atom. The fourth-order valence-corrected chi connectivity index (χ4v) is 2.50. The van der Waals surface area contributed by atoms with Crippen LogP contribution < -0.4 is 20.5 Å².